The molecule has 1 saturated carbocycles. The fourth-order valence-corrected chi connectivity index (χ4v) is 3.09. The molecular formula is C18H28N4O2. The number of piperazine rings is 1. The van der Waals surface area contributed by atoms with Gasteiger partial charge in [-0.05, 0) is 36.5 Å². The molecule has 0 atom stereocenters. The summed E-state index contributed by atoms with van der Waals surface area (Å²) in [5.41, 5.74) is 2.33. The SMILES string of the molecule is O=C(NCCO)NCc1ccc(N2CCN(CC3CC3)CC2)cc1. The van der Waals surface area contributed by atoms with Crippen molar-refractivity contribution in [2.24, 2.45) is 5.92 Å². The summed E-state index contributed by atoms with van der Waals surface area (Å²) in [6.45, 7) is 6.51. The smallest absolute Gasteiger partial charge is 0.315 e. The monoisotopic (exact) mass is 332 g/mol. The molecular weight excluding hydrogens is 304 g/mol. The highest BCUT2D eigenvalue weighted by Gasteiger charge is 2.26. The van der Waals surface area contributed by atoms with E-state index >= 15 is 0 Å². The summed E-state index contributed by atoms with van der Waals surface area (Å²) in [6.07, 6.45) is 2.85. The van der Waals surface area contributed by atoms with Crippen molar-refractivity contribution in [1.82, 2.24) is 15.5 Å². The summed E-state index contributed by atoms with van der Waals surface area (Å²) < 4.78 is 0. The predicted octanol–water partition coefficient (Wildman–Crippen LogP) is 1.01. The number of rotatable bonds is 7. The maximum atomic E-state index is 11.5. The van der Waals surface area contributed by atoms with Gasteiger partial charge in [0, 0.05) is 51.5 Å². The molecule has 2 amide bonds. The number of urea groups is 1. The second-order valence-corrected chi connectivity index (χ2v) is 6.73. The molecule has 0 radical (unpaired) electrons. The topological polar surface area (TPSA) is 67.8 Å². The summed E-state index contributed by atoms with van der Waals surface area (Å²) >= 11 is 0. The number of hydrogen-bond acceptors (Lipinski definition) is 4. The number of aliphatic hydroxyl groups is 1. The van der Waals surface area contributed by atoms with Crippen LogP contribution < -0.4 is 15.5 Å². The Kier molecular flexibility index (Phi) is 5.93. The summed E-state index contributed by atoms with van der Waals surface area (Å²) in [5.74, 6) is 0.970. The Labute approximate surface area is 143 Å². The molecule has 2 aliphatic rings. The second-order valence-electron chi connectivity index (χ2n) is 6.73. The maximum absolute atomic E-state index is 11.5. The van der Waals surface area contributed by atoms with Crippen LogP contribution >= 0.6 is 0 Å². The summed E-state index contributed by atoms with van der Waals surface area (Å²) in [4.78, 5) is 16.5. The Morgan fingerprint density at radius 1 is 1.08 bits per heavy atom. The fraction of sp³-hybridized carbons (Fsp3) is 0.611. The van der Waals surface area contributed by atoms with Gasteiger partial charge in [-0.2, -0.15) is 0 Å². The van der Waals surface area contributed by atoms with Crippen LogP contribution in [0.25, 0.3) is 0 Å². The van der Waals surface area contributed by atoms with Crippen LogP contribution in [0.3, 0.4) is 0 Å². The summed E-state index contributed by atoms with van der Waals surface area (Å²) in [5, 5.41) is 14.0. The van der Waals surface area contributed by atoms with Gasteiger partial charge in [-0.25, -0.2) is 4.79 Å². The van der Waals surface area contributed by atoms with Gasteiger partial charge in [0.1, 0.15) is 0 Å². The van der Waals surface area contributed by atoms with E-state index in [1.165, 1.54) is 25.1 Å². The largest absolute Gasteiger partial charge is 0.395 e. The van der Waals surface area contributed by atoms with Gasteiger partial charge >= 0.3 is 6.03 Å². The van der Waals surface area contributed by atoms with E-state index in [4.69, 9.17) is 5.11 Å². The molecule has 1 aromatic rings. The van der Waals surface area contributed by atoms with Crippen molar-refractivity contribution in [3.63, 3.8) is 0 Å². The van der Waals surface area contributed by atoms with Gasteiger partial charge in [-0.1, -0.05) is 12.1 Å². The number of carbonyl (C=O) groups is 1. The lowest BCUT2D eigenvalue weighted by atomic mass is 10.1. The van der Waals surface area contributed by atoms with E-state index in [0.29, 0.717) is 6.54 Å². The number of nitrogens with zero attached hydrogens (tertiary/aromatic N) is 2. The molecule has 1 aromatic carbocycles. The molecule has 6 nitrogen and oxygen atoms in total. The van der Waals surface area contributed by atoms with Gasteiger partial charge in [0.05, 0.1) is 6.61 Å². The minimum atomic E-state index is -0.250. The van der Waals surface area contributed by atoms with Gasteiger partial charge in [0.25, 0.3) is 0 Å². The molecule has 1 saturated heterocycles. The first kappa shape index (κ1) is 17.0. The highest BCUT2D eigenvalue weighted by molar-refractivity contribution is 5.73. The molecule has 0 spiro atoms. The van der Waals surface area contributed by atoms with Crippen LogP contribution in [0.1, 0.15) is 18.4 Å². The zero-order valence-electron chi connectivity index (χ0n) is 14.2. The first-order chi connectivity index (χ1) is 11.7. The van der Waals surface area contributed by atoms with Crippen molar-refractivity contribution in [1.29, 1.82) is 0 Å². The second kappa shape index (κ2) is 8.35. The minimum Gasteiger partial charge on any atom is -0.395 e. The van der Waals surface area contributed by atoms with Gasteiger partial charge < -0.3 is 20.6 Å². The van der Waals surface area contributed by atoms with Crippen molar-refractivity contribution >= 4 is 11.7 Å². The van der Waals surface area contributed by atoms with E-state index in [9.17, 15) is 4.79 Å². The molecule has 2 fully saturated rings. The lowest BCUT2D eigenvalue weighted by Gasteiger charge is -2.36. The van der Waals surface area contributed by atoms with Crippen molar-refractivity contribution in [2.75, 3.05) is 50.8 Å². The molecule has 1 aliphatic carbocycles. The average Bonchev–Trinajstić information content (AvgIpc) is 3.43. The van der Waals surface area contributed by atoms with E-state index in [2.05, 4.69) is 44.7 Å². The number of hydrogen-bond donors (Lipinski definition) is 3. The number of benzene rings is 1. The Morgan fingerprint density at radius 3 is 2.42 bits per heavy atom. The van der Waals surface area contributed by atoms with Crippen LogP contribution in [0, 0.1) is 5.92 Å². The van der Waals surface area contributed by atoms with Crippen molar-refractivity contribution in [3.8, 4) is 0 Å². The highest BCUT2D eigenvalue weighted by atomic mass is 16.3. The quantitative estimate of drug-likeness (QED) is 0.697. The molecule has 3 N–H and O–H groups in total. The predicted molar refractivity (Wildman–Crippen MR) is 95.1 cm³/mol. The average molecular weight is 332 g/mol. The number of aliphatic hydroxyl groups excluding tert-OH is 1. The molecule has 3 rings (SSSR count). The molecule has 6 heteroatoms. The van der Waals surface area contributed by atoms with E-state index < -0.39 is 0 Å². The van der Waals surface area contributed by atoms with Gasteiger partial charge in [0.2, 0.25) is 0 Å². The van der Waals surface area contributed by atoms with E-state index in [1.54, 1.807) is 0 Å². The molecule has 0 aromatic heterocycles. The summed E-state index contributed by atoms with van der Waals surface area (Å²) in [6, 6.07) is 8.16. The standard InChI is InChI=1S/C18H28N4O2/c23-12-7-19-18(24)20-13-15-3-5-17(6-4-15)22-10-8-21(9-11-22)14-16-1-2-16/h3-6,16,23H,1-2,7-14H2,(H2,19,20,24). The lowest BCUT2D eigenvalue weighted by Crippen LogP contribution is -2.47. The molecule has 0 bridgehead atoms. The Bertz CT molecular complexity index is 522. The van der Waals surface area contributed by atoms with E-state index in [0.717, 1.165) is 37.7 Å². The number of carbonyl (C=O) groups excluding carboxylic acids is 1. The van der Waals surface area contributed by atoms with Crippen LogP contribution in [0.5, 0.6) is 0 Å². The van der Waals surface area contributed by atoms with Crippen LogP contribution in [0.2, 0.25) is 0 Å². The van der Waals surface area contributed by atoms with Crippen LogP contribution in [-0.4, -0.2) is 61.9 Å². The highest BCUT2D eigenvalue weighted by Crippen LogP contribution is 2.30. The zero-order valence-corrected chi connectivity index (χ0v) is 14.2. The maximum Gasteiger partial charge on any atom is 0.315 e. The number of anilines is 1. The third kappa shape index (κ3) is 5.11. The Balaban J connectivity index is 1.42. The molecule has 132 valence electrons. The van der Waals surface area contributed by atoms with Crippen molar-refractivity contribution < 1.29 is 9.90 Å². The first-order valence-electron chi connectivity index (χ1n) is 8.93. The Hall–Kier alpha value is -1.79. The molecule has 1 aliphatic heterocycles. The van der Waals surface area contributed by atoms with Crippen LogP contribution in [-0.2, 0) is 6.54 Å². The fourth-order valence-electron chi connectivity index (χ4n) is 3.09. The normalized spacial score (nSPS) is 18.5. The first-order valence-corrected chi connectivity index (χ1v) is 8.93. The minimum absolute atomic E-state index is 0.0456. The number of nitrogens with one attached hydrogen (secondary N) is 2. The van der Waals surface area contributed by atoms with Crippen LogP contribution in [0.4, 0.5) is 10.5 Å². The number of amides is 2. The molecule has 0 unspecified atom stereocenters. The summed E-state index contributed by atoms with van der Waals surface area (Å²) in [7, 11) is 0. The molecule has 1 heterocycles. The van der Waals surface area contributed by atoms with Gasteiger partial charge in [0.15, 0.2) is 0 Å². The van der Waals surface area contributed by atoms with Crippen molar-refractivity contribution in [3.05, 3.63) is 29.8 Å². The van der Waals surface area contributed by atoms with E-state index in [-0.39, 0.29) is 19.2 Å². The van der Waals surface area contributed by atoms with Crippen molar-refractivity contribution in [2.45, 2.75) is 19.4 Å². The van der Waals surface area contributed by atoms with E-state index in [1.807, 2.05) is 0 Å². The van der Waals surface area contributed by atoms with Gasteiger partial charge in [-0.15, -0.1) is 0 Å². The zero-order chi connectivity index (χ0) is 16.8. The third-order valence-electron chi connectivity index (χ3n) is 4.74. The van der Waals surface area contributed by atoms with Gasteiger partial charge in [-0.3, -0.25) is 4.90 Å². The lowest BCUT2D eigenvalue weighted by molar-refractivity contribution is 0.234. The third-order valence-corrected chi connectivity index (χ3v) is 4.74. The van der Waals surface area contributed by atoms with Crippen LogP contribution in [0.15, 0.2) is 24.3 Å². The Morgan fingerprint density at radius 2 is 1.79 bits per heavy atom. The molecule has 24 heavy (non-hydrogen) atoms.